The van der Waals surface area contributed by atoms with Gasteiger partial charge in [-0.05, 0) is 46.5 Å². The third-order valence-electron chi connectivity index (χ3n) is 5.23. The maximum absolute atomic E-state index is 12.3. The highest BCUT2D eigenvalue weighted by Gasteiger charge is 2.17. The summed E-state index contributed by atoms with van der Waals surface area (Å²) in [6, 6.07) is 23.7. The molecule has 1 N–H and O–H groups in total. The van der Waals surface area contributed by atoms with E-state index in [9.17, 15) is 14.7 Å². The van der Waals surface area contributed by atoms with Crippen LogP contribution < -0.4 is 0 Å². The smallest absolute Gasteiger partial charge is 0.336 e. The fraction of sp³-hybridized carbons (Fsp3) is 0.115. The first-order chi connectivity index (χ1) is 16.0. The van der Waals surface area contributed by atoms with Gasteiger partial charge in [0.25, 0.3) is 0 Å². The Morgan fingerprint density at radius 1 is 0.939 bits per heavy atom. The Morgan fingerprint density at radius 2 is 1.64 bits per heavy atom. The molecule has 4 rings (SSSR count). The third-order valence-corrected chi connectivity index (χ3v) is 5.81. The van der Waals surface area contributed by atoms with E-state index >= 15 is 0 Å². The Labute approximate surface area is 196 Å². The molecule has 0 aliphatic carbocycles. The lowest BCUT2D eigenvalue weighted by atomic mass is 9.98. The van der Waals surface area contributed by atoms with Gasteiger partial charge in [0.2, 0.25) is 0 Å². The van der Waals surface area contributed by atoms with Crippen LogP contribution >= 0.6 is 12.6 Å². The SMILES string of the molecule is O=C(Cc1ccc(C(S)c2ccccc2C(=O)O)cc1)OCc1ccc(-n2cccn2)cc1. The van der Waals surface area contributed by atoms with E-state index in [1.807, 2.05) is 60.8 Å². The quantitative estimate of drug-likeness (QED) is 0.291. The highest BCUT2D eigenvalue weighted by molar-refractivity contribution is 7.80. The molecule has 6 nitrogen and oxygen atoms in total. The van der Waals surface area contributed by atoms with Crippen molar-refractivity contribution < 1.29 is 19.4 Å². The van der Waals surface area contributed by atoms with E-state index < -0.39 is 5.97 Å². The number of hydrogen-bond acceptors (Lipinski definition) is 5. The number of ether oxygens (including phenoxy) is 1. The van der Waals surface area contributed by atoms with Crippen molar-refractivity contribution in [2.75, 3.05) is 0 Å². The van der Waals surface area contributed by atoms with E-state index in [4.69, 9.17) is 4.74 Å². The molecule has 166 valence electrons. The summed E-state index contributed by atoms with van der Waals surface area (Å²) in [5.74, 6) is -1.31. The van der Waals surface area contributed by atoms with Crippen molar-refractivity contribution in [3.63, 3.8) is 0 Å². The second kappa shape index (κ2) is 10.2. The van der Waals surface area contributed by atoms with Crippen LogP contribution in [0.25, 0.3) is 5.69 Å². The molecule has 0 fully saturated rings. The lowest BCUT2D eigenvalue weighted by Crippen LogP contribution is -2.08. The zero-order chi connectivity index (χ0) is 23.2. The number of benzene rings is 3. The molecule has 4 aromatic rings. The lowest BCUT2D eigenvalue weighted by Gasteiger charge is -2.15. The predicted octanol–water partition coefficient (Wildman–Crippen LogP) is 4.88. The van der Waals surface area contributed by atoms with Gasteiger partial charge in [0.15, 0.2) is 0 Å². The summed E-state index contributed by atoms with van der Waals surface area (Å²) in [4.78, 5) is 23.8. The molecule has 7 heteroatoms. The second-order valence-electron chi connectivity index (χ2n) is 7.49. The van der Waals surface area contributed by atoms with Crippen molar-refractivity contribution in [2.24, 2.45) is 0 Å². The summed E-state index contributed by atoms with van der Waals surface area (Å²) in [5, 5.41) is 13.2. The molecule has 1 atom stereocenters. The average Bonchev–Trinajstić information content (AvgIpc) is 3.38. The minimum Gasteiger partial charge on any atom is -0.478 e. The van der Waals surface area contributed by atoms with Gasteiger partial charge in [-0.3, -0.25) is 4.79 Å². The zero-order valence-corrected chi connectivity index (χ0v) is 18.6. The fourth-order valence-electron chi connectivity index (χ4n) is 3.48. The molecular formula is C26H22N2O4S. The molecule has 0 saturated carbocycles. The molecule has 1 heterocycles. The maximum Gasteiger partial charge on any atom is 0.336 e. The number of aromatic carboxylic acids is 1. The Kier molecular flexibility index (Phi) is 6.90. The monoisotopic (exact) mass is 458 g/mol. The number of carbonyl (C=O) groups excluding carboxylic acids is 1. The van der Waals surface area contributed by atoms with Gasteiger partial charge in [-0.1, -0.05) is 54.6 Å². The summed E-state index contributed by atoms with van der Waals surface area (Å²) in [5.41, 5.74) is 4.33. The summed E-state index contributed by atoms with van der Waals surface area (Å²) < 4.78 is 7.17. The van der Waals surface area contributed by atoms with Crippen LogP contribution in [-0.2, 0) is 22.6 Å². The highest BCUT2D eigenvalue weighted by Crippen LogP contribution is 2.31. The normalized spacial score (nSPS) is 11.7. The summed E-state index contributed by atoms with van der Waals surface area (Å²) in [7, 11) is 0. The van der Waals surface area contributed by atoms with Gasteiger partial charge < -0.3 is 9.84 Å². The number of aromatic nitrogens is 2. The first-order valence-corrected chi connectivity index (χ1v) is 10.9. The predicted molar refractivity (Wildman–Crippen MR) is 128 cm³/mol. The van der Waals surface area contributed by atoms with Crippen molar-refractivity contribution in [3.05, 3.63) is 119 Å². The Hall–Kier alpha value is -3.84. The van der Waals surface area contributed by atoms with E-state index in [1.165, 1.54) is 0 Å². The second-order valence-corrected chi connectivity index (χ2v) is 8.01. The molecule has 0 saturated heterocycles. The summed E-state index contributed by atoms with van der Waals surface area (Å²) in [6.07, 6.45) is 3.73. The number of hydrogen-bond donors (Lipinski definition) is 2. The molecular weight excluding hydrogens is 436 g/mol. The maximum atomic E-state index is 12.3. The van der Waals surface area contributed by atoms with Gasteiger partial charge >= 0.3 is 11.9 Å². The van der Waals surface area contributed by atoms with Crippen molar-refractivity contribution in [2.45, 2.75) is 18.3 Å². The largest absolute Gasteiger partial charge is 0.478 e. The van der Waals surface area contributed by atoms with Crippen LogP contribution in [0, 0.1) is 0 Å². The third kappa shape index (κ3) is 5.51. The first-order valence-electron chi connectivity index (χ1n) is 10.3. The van der Waals surface area contributed by atoms with Crippen molar-refractivity contribution in [1.82, 2.24) is 9.78 Å². The van der Waals surface area contributed by atoms with Crippen molar-refractivity contribution in [1.29, 1.82) is 0 Å². The van der Waals surface area contributed by atoms with Crippen LogP contribution in [0.4, 0.5) is 0 Å². The van der Waals surface area contributed by atoms with Crippen LogP contribution in [0.5, 0.6) is 0 Å². The number of carboxylic acid groups (broad SMARTS) is 1. The number of esters is 1. The van der Waals surface area contributed by atoms with Gasteiger partial charge in [0.05, 0.1) is 22.9 Å². The van der Waals surface area contributed by atoms with Crippen molar-refractivity contribution in [3.8, 4) is 5.69 Å². The van der Waals surface area contributed by atoms with E-state index in [0.717, 1.165) is 22.4 Å². The number of carboxylic acids is 1. The number of nitrogens with zero attached hydrogens (tertiary/aromatic N) is 2. The number of carbonyl (C=O) groups is 2. The molecule has 0 amide bonds. The van der Waals surface area contributed by atoms with Crippen LogP contribution in [-0.4, -0.2) is 26.8 Å². The first kappa shape index (κ1) is 22.4. The molecule has 0 bridgehead atoms. The fourth-order valence-corrected chi connectivity index (χ4v) is 3.87. The molecule has 33 heavy (non-hydrogen) atoms. The van der Waals surface area contributed by atoms with Gasteiger partial charge in [0.1, 0.15) is 6.61 Å². The van der Waals surface area contributed by atoms with Crippen LogP contribution in [0.2, 0.25) is 0 Å². The van der Waals surface area contributed by atoms with E-state index in [0.29, 0.717) is 5.56 Å². The molecule has 1 unspecified atom stereocenters. The Morgan fingerprint density at radius 3 is 2.30 bits per heavy atom. The Balaban J connectivity index is 1.33. The lowest BCUT2D eigenvalue weighted by molar-refractivity contribution is -0.144. The van der Waals surface area contributed by atoms with Gasteiger partial charge in [-0.15, -0.1) is 0 Å². The van der Waals surface area contributed by atoms with Gasteiger partial charge in [-0.25, -0.2) is 9.48 Å². The number of thiol groups is 1. The van der Waals surface area contributed by atoms with Crippen LogP contribution in [0.1, 0.15) is 37.9 Å². The summed E-state index contributed by atoms with van der Waals surface area (Å²) in [6.45, 7) is 0.195. The van der Waals surface area contributed by atoms with Crippen LogP contribution in [0.15, 0.2) is 91.3 Å². The van der Waals surface area contributed by atoms with Crippen molar-refractivity contribution >= 4 is 24.6 Å². The zero-order valence-electron chi connectivity index (χ0n) is 17.7. The minimum absolute atomic E-state index is 0.147. The molecule has 0 aliphatic rings. The van der Waals surface area contributed by atoms with E-state index in [-0.39, 0.29) is 29.8 Å². The summed E-state index contributed by atoms with van der Waals surface area (Å²) >= 11 is 4.62. The molecule has 0 radical (unpaired) electrons. The minimum atomic E-state index is -0.986. The van der Waals surface area contributed by atoms with E-state index in [2.05, 4.69) is 17.7 Å². The number of rotatable bonds is 8. The topological polar surface area (TPSA) is 81.4 Å². The van der Waals surface area contributed by atoms with Gasteiger partial charge in [0, 0.05) is 12.4 Å². The van der Waals surface area contributed by atoms with Crippen LogP contribution in [0.3, 0.4) is 0 Å². The molecule has 0 spiro atoms. The highest BCUT2D eigenvalue weighted by atomic mass is 32.1. The standard InChI is InChI=1S/C26H22N2O4S/c29-24(32-17-19-8-12-21(13-9-19)28-15-3-14-27-28)16-18-6-10-20(11-7-18)25(33)22-4-1-2-5-23(22)26(30)31/h1-15,25,33H,16-17H2,(H,30,31). The van der Waals surface area contributed by atoms with E-state index in [1.54, 1.807) is 35.1 Å². The molecule has 1 aromatic heterocycles. The average molecular weight is 459 g/mol. The molecule has 3 aromatic carbocycles. The molecule has 0 aliphatic heterocycles. The Bertz CT molecular complexity index is 1240. The van der Waals surface area contributed by atoms with Gasteiger partial charge in [-0.2, -0.15) is 17.7 Å².